The van der Waals surface area contributed by atoms with Gasteiger partial charge >= 0.3 is 0 Å². The Kier molecular flexibility index (Phi) is 6.16. The van der Waals surface area contributed by atoms with Gasteiger partial charge < -0.3 is 11.1 Å². The molecule has 3 N–H and O–H groups in total. The number of benzene rings is 1. The highest BCUT2D eigenvalue weighted by Gasteiger charge is 2.18. The van der Waals surface area contributed by atoms with Gasteiger partial charge in [0.2, 0.25) is 5.91 Å². The molecule has 0 spiro atoms. The van der Waals surface area contributed by atoms with Crippen LogP contribution in [-0.4, -0.2) is 32.4 Å². The first kappa shape index (κ1) is 17.1. The molecule has 7 heteroatoms. The molecule has 0 saturated heterocycles. The zero-order valence-electron chi connectivity index (χ0n) is 11.5. The lowest BCUT2D eigenvalue weighted by Gasteiger charge is -2.18. The number of carbonyl (C=O) groups is 1. The van der Waals surface area contributed by atoms with Gasteiger partial charge in [0, 0.05) is 10.7 Å². The number of nitrogens with two attached hydrogens (primary N) is 1. The third kappa shape index (κ3) is 6.02. The van der Waals surface area contributed by atoms with Crippen LogP contribution in [0.15, 0.2) is 28.7 Å². The fraction of sp³-hybridized carbons (Fsp3) is 0.462. The van der Waals surface area contributed by atoms with Crippen LogP contribution in [0.3, 0.4) is 0 Å². The number of amides is 1. The van der Waals surface area contributed by atoms with E-state index >= 15 is 0 Å². The molecule has 1 aromatic rings. The second-order valence-corrected chi connectivity index (χ2v) is 7.99. The summed E-state index contributed by atoms with van der Waals surface area (Å²) < 4.78 is 23.0. The van der Waals surface area contributed by atoms with Gasteiger partial charge in [-0.1, -0.05) is 28.1 Å². The number of halogens is 1. The maximum atomic E-state index is 11.9. The molecule has 0 aliphatic heterocycles. The molecule has 0 fully saturated rings. The molecular weight excluding hydrogens is 344 g/mol. The molecule has 112 valence electrons. The van der Waals surface area contributed by atoms with Gasteiger partial charge in [0.15, 0.2) is 0 Å². The van der Waals surface area contributed by atoms with Crippen molar-refractivity contribution >= 4 is 31.7 Å². The predicted molar refractivity (Wildman–Crippen MR) is 83.0 cm³/mol. The monoisotopic (exact) mass is 362 g/mol. The molecule has 0 bridgehead atoms. The van der Waals surface area contributed by atoms with E-state index in [1.165, 1.54) is 0 Å². The van der Waals surface area contributed by atoms with Crippen LogP contribution in [0.2, 0.25) is 0 Å². The number of sulfone groups is 1. The van der Waals surface area contributed by atoms with Crippen LogP contribution in [0.25, 0.3) is 0 Å². The van der Waals surface area contributed by atoms with E-state index in [1.807, 2.05) is 31.2 Å². The average molecular weight is 363 g/mol. The van der Waals surface area contributed by atoms with Crippen molar-refractivity contribution in [3.8, 4) is 0 Å². The maximum absolute atomic E-state index is 11.9. The Morgan fingerprint density at radius 3 is 2.65 bits per heavy atom. The van der Waals surface area contributed by atoms with Gasteiger partial charge in [-0.05, 0) is 31.0 Å². The second-order valence-electron chi connectivity index (χ2n) is 4.81. The largest absolute Gasteiger partial charge is 0.348 e. The van der Waals surface area contributed by atoms with E-state index in [1.54, 1.807) is 0 Å². The van der Waals surface area contributed by atoms with Crippen LogP contribution in [0.1, 0.15) is 24.9 Å². The molecular formula is C13H19BrN2O3S. The topological polar surface area (TPSA) is 89.3 Å². The quantitative estimate of drug-likeness (QED) is 0.799. The first-order valence-corrected chi connectivity index (χ1v) is 9.03. The minimum absolute atomic E-state index is 0.0904. The minimum Gasteiger partial charge on any atom is -0.348 e. The van der Waals surface area contributed by atoms with E-state index < -0.39 is 15.9 Å². The van der Waals surface area contributed by atoms with Gasteiger partial charge in [0.05, 0.1) is 17.8 Å². The molecule has 2 atom stereocenters. The Hall–Kier alpha value is -0.920. The third-order valence-corrected chi connectivity index (χ3v) is 4.31. The van der Waals surface area contributed by atoms with Crippen molar-refractivity contribution in [2.75, 3.05) is 12.0 Å². The predicted octanol–water partition coefficient (Wildman–Crippen LogP) is 1.39. The second kappa shape index (κ2) is 7.19. The number of hydrogen-bond acceptors (Lipinski definition) is 4. The lowest BCUT2D eigenvalue weighted by atomic mass is 10.1. The van der Waals surface area contributed by atoms with Gasteiger partial charge in [0.25, 0.3) is 0 Å². The molecule has 1 aromatic carbocycles. The van der Waals surface area contributed by atoms with Crippen LogP contribution >= 0.6 is 15.9 Å². The first-order chi connectivity index (χ1) is 9.19. The fourth-order valence-corrected chi connectivity index (χ4v) is 2.75. The summed E-state index contributed by atoms with van der Waals surface area (Å²) in [5.74, 6) is -0.437. The fourth-order valence-electron chi connectivity index (χ4n) is 1.65. The Bertz CT molecular complexity index is 575. The van der Waals surface area contributed by atoms with Crippen LogP contribution in [0.4, 0.5) is 0 Å². The van der Waals surface area contributed by atoms with Crippen molar-refractivity contribution < 1.29 is 13.2 Å². The van der Waals surface area contributed by atoms with E-state index in [4.69, 9.17) is 5.73 Å². The number of nitrogens with one attached hydrogen (secondary N) is 1. The van der Waals surface area contributed by atoms with E-state index in [9.17, 15) is 13.2 Å². The maximum Gasteiger partial charge on any atom is 0.237 e. The van der Waals surface area contributed by atoms with Gasteiger partial charge in [-0.15, -0.1) is 0 Å². The summed E-state index contributed by atoms with van der Waals surface area (Å²) in [7, 11) is -3.11. The lowest BCUT2D eigenvalue weighted by molar-refractivity contribution is -0.123. The summed E-state index contributed by atoms with van der Waals surface area (Å²) in [6.45, 7) is 1.85. The Labute approximate surface area is 128 Å². The molecule has 1 amide bonds. The minimum atomic E-state index is -3.11. The van der Waals surface area contributed by atoms with Crippen LogP contribution in [-0.2, 0) is 14.6 Å². The summed E-state index contributed by atoms with van der Waals surface area (Å²) in [5, 5.41) is 2.78. The average Bonchev–Trinajstić information content (AvgIpc) is 2.34. The zero-order chi connectivity index (χ0) is 15.3. The van der Waals surface area contributed by atoms with E-state index in [-0.39, 0.29) is 24.1 Å². The SMILES string of the molecule is C[C@H](NC(=O)C(N)CCS(C)(=O)=O)c1cccc(Br)c1. The van der Waals surface area contributed by atoms with E-state index in [0.717, 1.165) is 16.3 Å². The molecule has 1 rings (SSSR count). The Morgan fingerprint density at radius 1 is 1.45 bits per heavy atom. The molecule has 5 nitrogen and oxygen atoms in total. The normalized spacial score (nSPS) is 14.6. The van der Waals surface area contributed by atoms with Crippen LogP contribution in [0.5, 0.6) is 0 Å². The highest BCUT2D eigenvalue weighted by Crippen LogP contribution is 2.17. The van der Waals surface area contributed by atoms with Crippen LogP contribution < -0.4 is 11.1 Å². The van der Waals surface area contributed by atoms with Crippen molar-refractivity contribution in [1.29, 1.82) is 0 Å². The zero-order valence-corrected chi connectivity index (χ0v) is 13.9. The number of rotatable bonds is 6. The first-order valence-electron chi connectivity index (χ1n) is 6.18. The molecule has 0 radical (unpaired) electrons. The third-order valence-electron chi connectivity index (χ3n) is 2.84. The van der Waals surface area contributed by atoms with Crippen molar-refractivity contribution in [3.05, 3.63) is 34.3 Å². The molecule has 0 heterocycles. The molecule has 0 saturated carbocycles. The summed E-state index contributed by atoms with van der Waals surface area (Å²) in [4.78, 5) is 11.9. The van der Waals surface area contributed by atoms with Crippen LogP contribution in [0, 0.1) is 0 Å². The smallest absolute Gasteiger partial charge is 0.237 e. The van der Waals surface area contributed by atoms with Crippen molar-refractivity contribution in [2.45, 2.75) is 25.4 Å². The van der Waals surface area contributed by atoms with Crippen molar-refractivity contribution in [2.24, 2.45) is 5.73 Å². The van der Waals surface area contributed by atoms with Gasteiger partial charge in [0.1, 0.15) is 9.84 Å². The molecule has 0 aliphatic rings. The Morgan fingerprint density at radius 2 is 2.10 bits per heavy atom. The van der Waals surface area contributed by atoms with Gasteiger partial charge in [-0.3, -0.25) is 4.79 Å². The van der Waals surface area contributed by atoms with Crippen molar-refractivity contribution in [3.63, 3.8) is 0 Å². The summed E-state index contributed by atoms with van der Waals surface area (Å²) in [5.41, 5.74) is 6.64. The number of hydrogen-bond donors (Lipinski definition) is 2. The number of carbonyl (C=O) groups excluding carboxylic acids is 1. The molecule has 0 aliphatic carbocycles. The Balaban J connectivity index is 2.57. The van der Waals surface area contributed by atoms with Gasteiger partial charge in [-0.2, -0.15) is 0 Å². The standard InChI is InChI=1S/C13H19BrN2O3S/c1-9(10-4-3-5-11(14)8-10)16-13(17)12(15)6-7-20(2,18)19/h3-5,8-9,12H,6-7,15H2,1-2H3,(H,16,17)/t9-,12?/m0/s1. The van der Waals surface area contributed by atoms with Crippen molar-refractivity contribution in [1.82, 2.24) is 5.32 Å². The highest BCUT2D eigenvalue weighted by atomic mass is 79.9. The summed E-state index contributed by atoms with van der Waals surface area (Å²) >= 11 is 3.37. The lowest BCUT2D eigenvalue weighted by Crippen LogP contribution is -2.42. The summed E-state index contributed by atoms with van der Waals surface area (Å²) in [6, 6.07) is 6.58. The summed E-state index contributed by atoms with van der Waals surface area (Å²) in [6.07, 6.45) is 1.25. The van der Waals surface area contributed by atoms with E-state index in [0.29, 0.717) is 0 Å². The molecule has 0 aromatic heterocycles. The molecule has 1 unspecified atom stereocenters. The highest BCUT2D eigenvalue weighted by molar-refractivity contribution is 9.10. The van der Waals surface area contributed by atoms with E-state index in [2.05, 4.69) is 21.2 Å². The van der Waals surface area contributed by atoms with Gasteiger partial charge in [-0.25, -0.2) is 8.42 Å². The molecule has 20 heavy (non-hydrogen) atoms.